The molecular weight excluding hydrogens is 208 g/mol. The smallest absolute Gasteiger partial charge is 0.0637 e. The molecule has 1 aromatic rings. The second-order valence-corrected chi connectivity index (χ2v) is 4.26. The van der Waals surface area contributed by atoms with Crippen LogP contribution in [0.15, 0.2) is 24.3 Å². The molecule has 84 valence electrons. The van der Waals surface area contributed by atoms with Gasteiger partial charge in [-0.05, 0) is 18.1 Å². The molecule has 0 aromatic heterocycles. The first kappa shape index (κ1) is 12.3. The van der Waals surface area contributed by atoms with Crippen molar-refractivity contribution < 1.29 is 0 Å². The van der Waals surface area contributed by atoms with Crippen molar-refractivity contribution in [2.45, 2.75) is 26.3 Å². The monoisotopic (exact) mass is 226 g/mol. The molecule has 1 aromatic carbocycles. The van der Waals surface area contributed by atoms with Gasteiger partial charge in [-0.3, -0.25) is 0 Å². The molecule has 15 heavy (non-hydrogen) atoms. The number of nitrogens with two attached hydrogens (primary N) is 1. The highest BCUT2D eigenvalue weighted by atomic mass is 35.5. The normalized spacial score (nSPS) is 14.7. The predicted octanol–water partition coefficient (Wildman–Crippen LogP) is 3.13. The lowest BCUT2D eigenvalue weighted by atomic mass is 9.99. The largest absolute Gasteiger partial charge is 0.380 e. The molecule has 2 unspecified atom stereocenters. The SMILES string of the molecule is CCC(C)C(CN)Nc1ccccc1Cl. The molecule has 3 heteroatoms. The molecule has 0 amide bonds. The standard InChI is InChI=1S/C12H19ClN2/c1-3-9(2)12(8-14)15-11-7-5-4-6-10(11)13/h4-7,9,12,15H,3,8,14H2,1-2H3. The molecule has 0 bridgehead atoms. The molecule has 0 aliphatic rings. The Morgan fingerprint density at radius 2 is 2.07 bits per heavy atom. The van der Waals surface area contributed by atoms with Crippen LogP contribution in [0.25, 0.3) is 0 Å². The zero-order valence-corrected chi connectivity index (χ0v) is 10.1. The van der Waals surface area contributed by atoms with Crippen molar-refractivity contribution >= 4 is 17.3 Å². The molecular formula is C12H19ClN2. The van der Waals surface area contributed by atoms with Crippen LogP contribution < -0.4 is 11.1 Å². The maximum absolute atomic E-state index is 6.07. The summed E-state index contributed by atoms with van der Waals surface area (Å²) in [5.74, 6) is 0.547. The number of rotatable bonds is 5. The number of halogens is 1. The van der Waals surface area contributed by atoms with E-state index >= 15 is 0 Å². The van der Waals surface area contributed by atoms with Crippen LogP contribution in [-0.2, 0) is 0 Å². The number of anilines is 1. The lowest BCUT2D eigenvalue weighted by molar-refractivity contribution is 0.474. The Labute approximate surface area is 96.8 Å². The van der Waals surface area contributed by atoms with Crippen LogP contribution in [0.2, 0.25) is 5.02 Å². The van der Waals surface area contributed by atoms with Crippen LogP contribution in [0, 0.1) is 5.92 Å². The first-order valence-electron chi connectivity index (χ1n) is 5.40. The van der Waals surface area contributed by atoms with Crippen LogP contribution in [0.4, 0.5) is 5.69 Å². The topological polar surface area (TPSA) is 38.0 Å². The Kier molecular flexibility index (Phi) is 4.92. The summed E-state index contributed by atoms with van der Waals surface area (Å²) in [6.07, 6.45) is 1.11. The van der Waals surface area contributed by atoms with Crippen molar-refractivity contribution in [3.8, 4) is 0 Å². The zero-order valence-electron chi connectivity index (χ0n) is 9.33. The summed E-state index contributed by atoms with van der Waals surface area (Å²) in [6.45, 7) is 4.99. The van der Waals surface area contributed by atoms with Crippen LogP contribution in [-0.4, -0.2) is 12.6 Å². The number of hydrogen-bond donors (Lipinski definition) is 2. The first-order valence-corrected chi connectivity index (χ1v) is 5.78. The van der Waals surface area contributed by atoms with Gasteiger partial charge in [-0.1, -0.05) is 44.0 Å². The predicted molar refractivity (Wildman–Crippen MR) is 67.4 cm³/mol. The quantitative estimate of drug-likeness (QED) is 0.810. The van der Waals surface area contributed by atoms with E-state index in [4.69, 9.17) is 17.3 Å². The third kappa shape index (κ3) is 3.40. The van der Waals surface area contributed by atoms with E-state index in [9.17, 15) is 0 Å². The summed E-state index contributed by atoms with van der Waals surface area (Å²) in [5, 5.41) is 4.14. The Balaban J connectivity index is 2.71. The zero-order chi connectivity index (χ0) is 11.3. The van der Waals surface area contributed by atoms with Gasteiger partial charge >= 0.3 is 0 Å². The van der Waals surface area contributed by atoms with E-state index in [0.717, 1.165) is 17.1 Å². The van der Waals surface area contributed by atoms with Crippen LogP contribution >= 0.6 is 11.6 Å². The van der Waals surface area contributed by atoms with Gasteiger partial charge in [0.15, 0.2) is 0 Å². The fourth-order valence-electron chi connectivity index (χ4n) is 1.50. The fraction of sp³-hybridized carbons (Fsp3) is 0.500. The summed E-state index contributed by atoms with van der Waals surface area (Å²) in [5.41, 5.74) is 6.71. The molecule has 0 aliphatic heterocycles. The van der Waals surface area contributed by atoms with Crippen LogP contribution in [0.5, 0.6) is 0 Å². The van der Waals surface area contributed by atoms with E-state index in [1.54, 1.807) is 0 Å². The second-order valence-electron chi connectivity index (χ2n) is 3.85. The molecule has 0 spiro atoms. The minimum absolute atomic E-state index is 0.287. The maximum Gasteiger partial charge on any atom is 0.0637 e. The van der Waals surface area contributed by atoms with Gasteiger partial charge in [-0.15, -0.1) is 0 Å². The van der Waals surface area contributed by atoms with Gasteiger partial charge in [-0.25, -0.2) is 0 Å². The van der Waals surface area contributed by atoms with E-state index in [-0.39, 0.29) is 6.04 Å². The Morgan fingerprint density at radius 1 is 1.40 bits per heavy atom. The van der Waals surface area contributed by atoms with E-state index in [2.05, 4.69) is 19.2 Å². The number of hydrogen-bond acceptors (Lipinski definition) is 2. The summed E-state index contributed by atoms with van der Waals surface area (Å²) in [7, 11) is 0. The van der Waals surface area contributed by atoms with Crippen molar-refractivity contribution in [1.82, 2.24) is 0 Å². The lowest BCUT2D eigenvalue weighted by Gasteiger charge is -2.24. The van der Waals surface area contributed by atoms with E-state index < -0.39 is 0 Å². The third-order valence-corrected chi connectivity index (χ3v) is 3.13. The Bertz CT molecular complexity index is 301. The number of nitrogens with one attached hydrogen (secondary N) is 1. The molecule has 0 radical (unpaired) electrons. The minimum Gasteiger partial charge on any atom is -0.380 e. The molecule has 0 heterocycles. The maximum atomic E-state index is 6.07. The summed E-state index contributed by atoms with van der Waals surface area (Å²) >= 11 is 6.07. The lowest BCUT2D eigenvalue weighted by Crippen LogP contribution is -2.34. The van der Waals surface area contributed by atoms with Crippen LogP contribution in [0.1, 0.15) is 20.3 Å². The number of para-hydroxylation sites is 1. The van der Waals surface area contributed by atoms with E-state index in [1.165, 1.54) is 0 Å². The van der Waals surface area contributed by atoms with Gasteiger partial charge in [0.2, 0.25) is 0 Å². The number of benzene rings is 1. The molecule has 3 N–H and O–H groups in total. The van der Waals surface area contributed by atoms with Gasteiger partial charge in [0.05, 0.1) is 10.7 Å². The molecule has 0 saturated heterocycles. The third-order valence-electron chi connectivity index (χ3n) is 2.80. The molecule has 0 saturated carbocycles. The second kappa shape index (κ2) is 5.99. The molecule has 0 aliphatic carbocycles. The average molecular weight is 227 g/mol. The summed E-state index contributed by atoms with van der Waals surface area (Å²) < 4.78 is 0. The average Bonchev–Trinajstić information content (AvgIpc) is 2.27. The van der Waals surface area contributed by atoms with Crippen molar-refractivity contribution in [2.75, 3.05) is 11.9 Å². The summed E-state index contributed by atoms with van der Waals surface area (Å²) in [6, 6.07) is 8.04. The highest BCUT2D eigenvalue weighted by molar-refractivity contribution is 6.33. The minimum atomic E-state index is 0.287. The fourth-order valence-corrected chi connectivity index (χ4v) is 1.69. The van der Waals surface area contributed by atoms with Gasteiger partial charge < -0.3 is 11.1 Å². The highest BCUT2D eigenvalue weighted by Gasteiger charge is 2.14. The van der Waals surface area contributed by atoms with Gasteiger partial charge in [0.25, 0.3) is 0 Å². The van der Waals surface area contributed by atoms with E-state index in [0.29, 0.717) is 12.5 Å². The van der Waals surface area contributed by atoms with Gasteiger partial charge in [-0.2, -0.15) is 0 Å². The molecule has 2 nitrogen and oxygen atoms in total. The molecule has 2 atom stereocenters. The molecule has 0 fully saturated rings. The van der Waals surface area contributed by atoms with E-state index in [1.807, 2.05) is 24.3 Å². The molecule has 1 rings (SSSR count). The van der Waals surface area contributed by atoms with Crippen molar-refractivity contribution in [3.63, 3.8) is 0 Å². The summed E-state index contributed by atoms with van der Waals surface area (Å²) in [4.78, 5) is 0. The highest BCUT2D eigenvalue weighted by Crippen LogP contribution is 2.23. The first-order chi connectivity index (χ1) is 7.19. The van der Waals surface area contributed by atoms with Crippen molar-refractivity contribution in [3.05, 3.63) is 29.3 Å². The van der Waals surface area contributed by atoms with Crippen molar-refractivity contribution in [1.29, 1.82) is 0 Å². The Hall–Kier alpha value is -0.730. The van der Waals surface area contributed by atoms with Gasteiger partial charge in [0, 0.05) is 12.6 Å². The van der Waals surface area contributed by atoms with Crippen LogP contribution in [0.3, 0.4) is 0 Å². The van der Waals surface area contributed by atoms with Gasteiger partial charge in [0.1, 0.15) is 0 Å². The Morgan fingerprint density at radius 3 is 2.60 bits per heavy atom. The van der Waals surface area contributed by atoms with Crippen molar-refractivity contribution in [2.24, 2.45) is 11.7 Å².